The highest BCUT2D eigenvalue weighted by atomic mass is 35.5. The van der Waals surface area contributed by atoms with E-state index in [0.29, 0.717) is 35.0 Å². The molecule has 0 spiro atoms. The molecule has 0 saturated heterocycles. The number of imidazole rings is 1. The van der Waals surface area contributed by atoms with Crippen LogP contribution in [0.4, 0.5) is 0 Å². The molecule has 4 rings (SSSR count). The van der Waals surface area contributed by atoms with Crippen molar-refractivity contribution < 1.29 is 4.42 Å². The maximum Gasteiger partial charge on any atom is 0.333 e. The lowest BCUT2D eigenvalue weighted by Crippen LogP contribution is -2.41. The zero-order valence-electron chi connectivity index (χ0n) is 16.0. The summed E-state index contributed by atoms with van der Waals surface area (Å²) in [7, 11) is 0. The standard InChI is InChI=1S/C21H21ClN4O3/c1-2-3-9-25-19-18(24(14-23-19)13-17-8-5-10-29-17)20(27)26(21(25)28)12-15-6-4-7-16(22)11-15/h4-8,10-11,14H,2-3,9,12-13H2,1H3. The van der Waals surface area contributed by atoms with Crippen LogP contribution in [0.2, 0.25) is 5.02 Å². The van der Waals surface area contributed by atoms with Gasteiger partial charge < -0.3 is 8.98 Å². The zero-order valence-corrected chi connectivity index (χ0v) is 16.8. The molecule has 0 atom stereocenters. The number of fused-ring (bicyclic) bond motifs is 1. The summed E-state index contributed by atoms with van der Waals surface area (Å²) < 4.78 is 9.98. The third-order valence-corrected chi connectivity index (χ3v) is 5.09. The number of halogens is 1. The van der Waals surface area contributed by atoms with Crippen molar-refractivity contribution in [1.82, 2.24) is 18.7 Å². The molecule has 29 heavy (non-hydrogen) atoms. The number of aryl methyl sites for hydroxylation is 1. The first-order chi connectivity index (χ1) is 14.1. The minimum absolute atomic E-state index is 0.145. The van der Waals surface area contributed by atoms with E-state index >= 15 is 0 Å². The highest BCUT2D eigenvalue weighted by molar-refractivity contribution is 6.30. The third-order valence-electron chi connectivity index (χ3n) is 4.85. The van der Waals surface area contributed by atoms with Crippen LogP contribution in [0.1, 0.15) is 31.1 Å². The first-order valence-electron chi connectivity index (χ1n) is 9.53. The van der Waals surface area contributed by atoms with E-state index in [-0.39, 0.29) is 17.8 Å². The molecule has 1 aromatic carbocycles. The first kappa shape index (κ1) is 19.3. The van der Waals surface area contributed by atoms with E-state index < -0.39 is 0 Å². The molecular weight excluding hydrogens is 392 g/mol. The molecule has 8 heteroatoms. The van der Waals surface area contributed by atoms with Crippen molar-refractivity contribution in [3.63, 3.8) is 0 Å². The summed E-state index contributed by atoms with van der Waals surface area (Å²) in [6, 6.07) is 10.8. The monoisotopic (exact) mass is 412 g/mol. The van der Waals surface area contributed by atoms with Gasteiger partial charge in [-0.2, -0.15) is 0 Å². The molecule has 0 fully saturated rings. The van der Waals surface area contributed by atoms with Gasteiger partial charge in [0.05, 0.1) is 25.7 Å². The SMILES string of the molecule is CCCCn1c(=O)n(Cc2cccc(Cl)c2)c(=O)c2c1ncn2Cc1ccco1. The Labute approximate surface area is 171 Å². The molecule has 0 aliphatic rings. The van der Waals surface area contributed by atoms with Gasteiger partial charge >= 0.3 is 5.69 Å². The maximum atomic E-state index is 13.3. The Morgan fingerprint density at radius 1 is 1.10 bits per heavy atom. The molecule has 150 valence electrons. The minimum atomic E-state index is -0.373. The number of unbranched alkanes of at least 4 members (excludes halogenated alkanes) is 1. The van der Waals surface area contributed by atoms with Crippen molar-refractivity contribution in [3.05, 3.63) is 86.2 Å². The molecule has 0 amide bonds. The summed E-state index contributed by atoms with van der Waals surface area (Å²) in [4.78, 5) is 30.8. The van der Waals surface area contributed by atoms with E-state index in [2.05, 4.69) is 11.9 Å². The molecule has 0 aliphatic carbocycles. The number of hydrogen-bond donors (Lipinski definition) is 0. The van der Waals surface area contributed by atoms with Crippen LogP contribution in [-0.2, 0) is 19.6 Å². The fourth-order valence-electron chi connectivity index (χ4n) is 3.40. The second-order valence-corrected chi connectivity index (χ2v) is 7.37. The van der Waals surface area contributed by atoms with E-state index in [9.17, 15) is 9.59 Å². The van der Waals surface area contributed by atoms with Crippen molar-refractivity contribution in [2.45, 2.75) is 39.4 Å². The van der Waals surface area contributed by atoms with Gasteiger partial charge in [-0.15, -0.1) is 0 Å². The molecule has 3 heterocycles. The van der Waals surface area contributed by atoms with Gasteiger partial charge in [0.15, 0.2) is 11.2 Å². The van der Waals surface area contributed by atoms with Crippen LogP contribution in [-0.4, -0.2) is 18.7 Å². The lowest BCUT2D eigenvalue weighted by Gasteiger charge is -2.12. The normalized spacial score (nSPS) is 11.4. The van der Waals surface area contributed by atoms with Crippen molar-refractivity contribution in [3.8, 4) is 0 Å². The Hall–Kier alpha value is -3.06. The largest absolute Gasteiger partial charge is 0.467 e. The van der Waals surface area contributed by atoms with E-state index in [1.165, 1.54) is 4.57 Å². The van der Waals surface area contributed by atoms with Crippen molar-refractivity contribution in [2.24, 2.45) is 0 Å². The van der Waals surface area contributed by atoms with E-state index in [0.717, 1.165) is 18.4 Å². The third kappa shape index (κ3) is 3.78. The average molecular weight is 413 g/mol. The van der Waals surface area contributed by atoms with Gasteiger partial charge in [-0.1, -0.05) is 37.1 Å². The van der Waals surface area contributed by atoms with Gasteiger partial charge in [0.25, 0.3) is 5.56 Å². The first-order valence-corrected chi connectivity index (χ1v) is 9.91. The Morgan fingerprint density at radius 3 is 2.69 bits per heavy atom. The quantitative estimate of drug-likeness (QED) is 0.465. The molecule has 7 nitrogen and oxygen atoms in total. The highest BCUT2D eigenvalue weighted by Crippen LogP contribution is 2.14. The zero-order chi connectivity index (χ0) is 20.4. The fourth-order valence-corrected chi connectivity index (χ4v) is 3.62. The molecule has 0 N–H and O–H groups in total. The minimum Gasteiger partial charge on any atom is -0.467 e. The number of nitrogens with zero attached hydrogens (tertiary/aromatic N) is 4. The van der Waals surface area contributed by atoms with Gasteiger partial charge in [0.2, 0.25) is 0 Å². The van der Waals surface area contributed by atoms with Crippen LogP contribution in [0.5, 0.6) is 0 Å². The van der Waals surface area contributed by atoms with Crippen LogP contribution >= 0.6 is 11.6 Å². The number of hydrogen-bond acceptors (Lipinski definition) is 4. The Balaban J connectivity index is 1.89. The lowest BCUT2D eigenvalue weighted by atomic mass is 10.2. The summed E-state index contributed by atoms with van der Waals surface area (Å²) in [6.07, 6.45) is 4.91. The summed E-state index contributed by atoms with van der Waals surface area (Å²) in [6.45, 7) is 3.06. The molecule has 0 bridgehead atoms. The van der Waals surface area contributed by atoms with Crippen LogP contribution < -0.4 is 11.2 Å². The predicted octanol–water partition coefficient (Wildman–Crippen LogP) is 3.50. The van der Waals surface area contributed by atoms with Crippen LogP contribution in [0.15, 0.2) is 63.0 Å². The molecule has 0 saturated carbocycles. The van der Waals surface area contributed by atoms with Crippen LogP contribution in [0.3, 0.4) is 0 Å². The summed E-state index contributed by atoms with van der Waals surface area (Å²) in [5, 5.41) is 0.561. The Bertz CT molecular complexity index is 1250. The Kier molecular flexibility index (Phi) is 5.40. The topological polar surface area (TPSA) is 75.0 Å². The summed E-state index contributed by atoms with van der Waals surface area (Å²) >= 11 is 6.08. The van der Waals surface area contributed by atoms with E-state index in [1.807, 2.05) is 12.1 Å². The molecule has 3 aromatic heterocycles. The molecular formula is C21H21ClN4O3. The summed E-state index contributed by atoms with van der Waals surface area (Å²) in [5.41, 5.74) is 0.845. The smallest absolute Gasteiger partial charge is 0.333 e. The highest BCUT2D eigenvalue weighted by Gasteiger charge is 2.18. The van der Waals surface area contributed by atoms with Gasteiger partial charge in [-0.05, 0) is 36.2 Å². The second kappa shape index (κ2) is 8.13. The molecule has 0 radical (unpaired) electrons. The molecule has 4 aromatic rings. The average Bonchev–Trinajstić information content (AvgIpc) is 3.36. The van der Waals surface area contributed by atoms with Crippen molar-refractivity contribution in [1.29, 1.82) is 0 Å². The number of aromatic nitrogens is 4. The molecule has 0 aliphatic heterocycles. The van der Waals surface area contributed by atoms with Crippen LogP contribution in [0, 0.1) is 0 Å². The van der Waals surface area contributed by atoms with E-state index in [4.69, 9.17) is 16.0 Å². The maximum absolute atomic E-state index is 13.3. The number of rotatable bonds is 7. The fraction of sp³-hybridized carbons (Fsp3) is 0.286. The second-order valence-electron chi connectivity index (χ2n) is 6.93. The van der Waals surface area contributed by atoms with E-state index in [1.54, 1.807) is 46.0 Å². The lowest BCUT2D eigenvalue weighted by molar-refractivity contribution is 0.495. The Morgan fingerprint density at radius 2 is 1.97 bits per heavy atom. The van der Waals surface area contributed by atoms with Crippen LogP contribution in [0.25, 0.3) is 11.2 Å². The summed E-state index contributed by atoms with van der Waals surface area (Å²) in [5.74, 6) is 0.705. The number of furan rings is 1. The van der Waals surface area contributed by atoms with Gasteiger partial charge in [0, 0.05) is 11.6 Å². The van der Waals surface area contributed by atoms with Crippen molar-refractivity contribution in [2.75, 3.05) is 0 Å². The molecule has 0 unspecified atom stereocenters. The van der Waals surface area contributed by atoms with Gasteiger partial charge in [-0.25, -0.2) is 9.78 Å². The van der Waals surface area contributed by atoms with Gasteiger partial charge in [-0.3, -0.25) is 13.9 Å². The van der Waals surface area contributed by atoms with Crippen molar-refractivity contribution >= 4 is 22.8 Å². The van der Waals surface area contributed by atoms with Gasteiger partial charge in [0.1, 0.15) is 5.76 Å². The number of benzene rings is 1. The predicted molar refractivity (Wildman–Crippen MR) is 112 cm³/mol.